The maximum atomic E-state index is 15.0. The molecule has 8 rings (SSSR count). The third-order valence-electron chi connectivity index (χ3n) is 13.6. The highest BCUT2D eigenvalue weighted by Gasteiger charge is 2.61. The Labute approximate surface area is 338 Å². The van der Waals surface area contributed by atoms with E-state index in [1.54, 1.807) is 24.4 Å². The van der Waals surface area contributed by atoms with Crippen LogP contribution in [0, 0.1) is 29.1 Å². The van der Waals surface area contributed by atoms with Gasteiger partial charge in [0.25, 0.3) is 5.56 Å². The number of ketones is 1. The Bertz CT molecular complexity index is 2180. The lowest BCUT2D eigenvalue weighted by atomic mass is 9.86. The Kier molecular flexibility index (Phi) is 11.3. The molecule has 2 amide bonds. The van der Waals surface area contributed by atoms with Gasteiger partial charge in [-0.05, 0) is 88.0 Å². The number of Topliss-reactive ketones (excluding diaryl/α,β-unsaturated/α-hetero) is 1. The smallest absolute Gasteiger partial charge is 0.306 e. The zero-order valence-electron chi connectivity index (χ0n) is 33.1. The molecule has 312 valence electrons. The van der Waals surface area contributed by atoms with Gasteiger partial charge in [0.05, 0.1) is 48.3 Å². The van der Waals surface area contributed by atoms with Crippen LogP contribution in [0.25, 0.3) is 5.65 Å². The fraction of sp³-hybridized carbons (Fsp3) is 0.628. The van der Waals surface area contributed by atoms with Crippen LogP contribution in [-0.4, -0.2) is 83.4 Å². The Morgan fingerprint density at radius 1 is 1.03 bits per heavy atom. The summed E-state index contributed by atoms with van der Waals surface area (Å²) in [5.74, 6) is -2.34. The molecule has 4 heterocycles. The molecule has 2 bridgehead atoms. The highest BCUT2D eigenvalue weighted by atomic mass is 32.2. The van der Waals surface area contributed by atoms with Crippen molar-refractivity contribution < 1.29 is 41.8 Å². The van der Waals surface area contributed by atoms with Crippen LogP contribution in [0.1, 0.15) is 102 Å². The van der Waals surface area contributed by atoms with E-state index in [-0.39, 0.29) is 73.9 Å². The first-order valence-corrected chi connectivity index (χ1v) is 22.6. The summed E-state index contributed by atoms with van der Waals surface area (Å²) in [5.41, 5.74) is -1.01. The van der Waals surface area contributed by atoms with Gasteiger partial charge in [0.2, 0.25) is 27.7 Å². The van der Waals surface area contributed by atoms with Gasteiger partial charge in [-0.3, -0.25) is 33.1 Å². The third kappa shape index (κ3) is 8.07. The van der Waals surface area contributed by atoms with Crippen molar-refractivity contribution in [2.75, 3.05) is 13.7 Å². The number of methoxy groups -OCH3 is 1. The predicted octanol–water partition coefficient (Wildman–Crippen LogP) is 4.61. The van der Waals surface area contributed by atoms with Crippen molar-refractivity contribution in [1.29, 1.82) is 0 Å². The van der Waals surface area contributed by atoms with E-state index in [1.165, 1.54) is 16.4 Å². The van der Waals surface area contributed by atoms with Crippen LogP contribution in [0.15, 0.2) is 47.9 Å². The molecular weight excluding hydrogens is 765 g/mol. The van der Waals surface area contributed by atoms with Crippen molar-refractivity contribution >= 4 is 39.2 Å². The van der Waals surface area contributed by atoms with Gasteiger partial charge in [0.1, 0.15) is 23.6 Å². The van der Waals surface area contributed by atoms with Crippen molar-refractivity contribution in [2.45, 2.75) is 126 Å². The molecule has 4 aliphatic carbocycles. The number of hydrogen-bond acceptors (Lipinski definition) is 11. The van der Waals surface area contributed by atoms with Crippen molar-refractivity contribution in [2.24, 2.45) is 29.1 Å². The molecule has 15 heteroatoms. The number of amides is 2. The molecule has 7 atom stereocenters. The highest BCUT2D eigenvalue weighted by molar-refractivity contribution is 7.90. The fourth-order valence-electron chi connectivity index (χ4n) is 9.97. The van der Waals surface area contributed by atoms with Gasteiger partial charge in [-0.1, -0.05) is 31.1 Å². The van der Waals surface area contributed by atoms with E-state index < -0.39 is 62.3 Å². The Hall–Kier alpha value is -4.53. The van der Waals surface area contributed by atoms with E-state index in [4.69, 9.17) is 19.2 Å². The zero-order chi connectivity index (χ0) is 40.8. The number of esters is 1. The number of hydrogen-bond donors (Lipinski definition) is 1. The number of nitrogens with one attached hydrogen (secondary N) is 1. The van der Waals surface area contributed by atoms with E-state index >= 15 is 0 Å². The number of nitrogens with zero attached hydrogens (tertiary/aromatic N) is 3. The van der Waals surface area contributed by atoms with Crippen LogP contribution in [0.5, 0.6) is 11.6 Å². The van der Waals surface area contributed by atoms with Crippen LogP contribution in [-0.2, 0) is 40.4 Å². The Morgan fingerprint density at radius 2 is 1.81 bits per heavy atom. The van der Waals surface area contributed by atoms with Gasteiger partial charge in [0.15, 0.2) is 5.78 Å². The second kappa shape index (κ2) is 16.3. The molecule has 0 aromatic carbocycles. The first-order chi connectivity index (χ1) is 27.9. The number of rotatable bonds is 9. The molecule has 6 aliphatic rings. The monoisotopic (exact) mass is 818 g/mol. The quantitative estimate of drug-likeness (QED) is 0.276. The van der Waals surface area contributed by atoms with Crippen molar-refractivity contribution in [3.8, 4) is 11.6 Å². The second-order valence-electron chi connectivity index (χ2n) is 17.3. The molecule has 0 radical (unpaired) electrons. The molecule has 0 unspecified atom stereocenters. The molecule has 2 aromatic rings. The summed E-state index contributed by atoms with van der Waals surface area (Å²) in [4.78, 5) is 77.4. The summed E-state index contributed by atoms with van der Waals surface area (Å²) < 4.78 is 47.5. The van der Waals surface area contributed by atoms with Crippen LogP contribution >= 0.6 is 0 Å². The van der Waals surface area contributed by atoms with Crippen LogP contribution in [0.4, 0.5) is 0 Å². The summed E-state index contributed by atoms with van der Waals surface area (Å²) in [6.45, 7) is 3.82. The number of sulfonamides is 1. The number of carbonyl (C=O) groups is 4. The summed E-state index contributed by atoms with van der Waals surface area (Å²) in [6.07, 6.45) is 14.8. The van der Waals surface area contributed by atoms with Crippen LogP contribution < -0.4 is 19.8 Å². The summed E-state index contributed by atoms with van der Waals surface area (Å²) in [7, 11) is -2.36. The third-order valence-corrected chi connectivity index (χ3v) is 15.4. The average molecular weight is 819 g/mol. The zero-order valence-corrected chi connectivity index (χ0v) is 34.0. The summed E-state index contributed by atoms with van der Waals surface area (Å²) in [5, 5.41) is -0.624. The van der Waals surface area contributed by atoms with Crippen molar-refractivity contribution in [3.05, 3.63) is 59.1 Å². The predicted molar refractivity (Wildman–Crippen MR) is 212 cm³/mol. The molecule has 4 saturated carbocycles. The van der Waals surface area contributed by atoms with Gasteiger partial charge < -0.3 is 19.1 Å². The Morgan fingerprint density at radius 3 is 2.53 bits per heavy atom. The summed E-state index contributed by atoms with van der Waals surface area (Å²) in [6, 6.07) is 2.26. The average Bonchev–Trinajstić information content (AvgIpc) is 3.99. The molecule has 58 heavy (non-hydrogen) atoms. The highest BCUT2D eigenvalue weighted by Crippen LogP contribution is 2.57. The molecule has 14 nitrogen and oxygen atoms in total. The first kappa shape index (κ1) is 40.3. The van der Waals surface area contributed by atoms with Gasteiger partial charge in [-0.25, -0.2) is 8.42 Å². The standard InChI is InChI=1S/C43H54N4O10S/c1-3-28-23-43(28,42(52)45-58(53,54)31-16-17-31)24-35(48)34-20-30-25-47(34)41(51)33(26-10-7-8-11-26)22-38(49)57-36-15-9-13-27(36)12-5-4-6-14-32-39(56-30)44-37-21-29(55-2)18-19-46(37)40(32)50/h3-4,6,18-19,21,26-28,30-31,33-34,36H,1,5,7-17,20,22-25H2,2H3,(H,45,52)/b6-4+/t27-,28-,30-,33+,34+,36-,43-/m1/s1. The maximum Gasteiger partial charge on any atom is 0.306 e. The molecule has 1 N–H and O–H groups in total. The van der Waals surface area contributed by atoms with E-state index in [1.807, 2.05) is 12.2 Å². The van der Waals surface area contributed by atoms with Gasteiger partial charge in [-0.15, -0.1) is 6.58 Å². The maximum absolute atomic E-state index is 15.0. The minimum Gasteiger partial charge on any atom is -0.497 e. The topological polar surface area (TPSA) is 180 Å². The van der Waals surface area contributed by atoms with E-state index in [0.717, 1.165) is 57.8 Å². The molecule has 1 saturated heterocycles. The second-order valence-corrected chi connectivity index (χ2v) is 19.3. The fourth-order valence-corrected chi connectivity index (χ4v) is 11.4. The summed E-state index contributed by atoms with van der Waals surface area (Å²) >= 11 is 0. The van der Waals surface area contributed by atoms with Gasteiger partial charge >= 0.3 is 5.97 Å². The van der Waals surface area contributed by atoms with E-state index in [0.29, 0.717) is 29.8 Å². The lowest BCUT2D eigenvalue weighted by molar-refractivity contribution is -0.156. The van der Waals surface area contributed by atoms with E-state index in [2.05, 4.69) is 11.3 Å². The van der Waals surface area contributed by atoms with Gasteiger partial charge in [-0.2, -0.15) is 4.98 Å². The Balaban J connectivity index is 1.15. The molecule has 0 spiro atoms. The first-order valence-electron chi connectivity index (χ1n) is 21.0. The number of allylic oxidation sites excluding steroid dienone is 3. The number of fused-ring (bicyclic) bond motifs is 5. The normalized spacial score (nSPS) is 31.3. The number of ether oxygens (including phenoxy) is 3. The minimum absolute atomic E-state index is 0.0210. The van der Waals surface area contributed by atoms with Crippen LogP contribution in [0.2, 0.25) is 0 Å². The van der Waals surface area contributed by atoms with Crippen molar-refractivity contribution in [1.82, 2.24) is 19.0 Å². The molecule has 5 fully saturated rings. The van der Waals surface area contributed by atoms with Gasteiger partial charge in [0, 0.05) is 31.5 Å². The van der Waals surface area contributed by atoms with Crippen molar-refractivity contribution in [3.63, 3.8) is 0 Å². The SMILES string of the molecule is C=C[C@@H]1C[C@]1(CC(=O)[C@@H]1C[C@@H]2CN1C(=O)[C@H](C1CCCC1)CC(=O)O[C@@H]1CCC[C@H]1CC/C=C/Cc1c(nc3cc(OC)ccn3c1=O)O2)C(=O)NS(=O)(=O)C1CC1. The molecular formula is C43H54N4O10S. The number of carbonyl (C=O) groups excluding carboxylic acids is 4. The lowest BCUT2D eigenvalue weighted by Crippen LogP contribution is -2.47. The van der Waals surface area contributed by atoms with E-state index in [9.17, 15) is 32.4 Å². The van der Waals surface area contributed by atoms with Crippen LogP contribution in [0.3, 0.4) is 0 Å². The molecule has 2 aliphatic heterocycles. The lowest BCUT2D eigenvalue weighted by Gasteiger charge is -2.31. The number of aromatic nitrogens is 2. The molecule has 2 aromatic heterocycles. The largest absolute Gasteiger partial charge is 0.497 e. The number of pyridine rings is 1. The minimum atomic E-state index is -3.88.